The van der Waals surface area contributed by atoms with Crippen molar-refractivity contribution in [2.24, 2.45) is 0 Å². The number of alkyl halides is 3. The molecule has 1 aromatic heterocycles. The van der Waals surface area contributed by atoms with Gasteiger partial charge in [0.15, 0.2) is 5.82 Å². The highest BCUT2D eigenvalue weighted by Crippen LogP contribution is 2.30. The number of benzene rings is 1. The van der Waals surface area contributed by atoms with Crippen molar-refractivity contribution in [3.8, 4) is 6.01 Å². The number of urea groups is 1. The summed E-state index contributed by atoms with van der Waals surface area (Å²) in [5.41, 5.74) is -0.784. The lowest BCUT2D eigenvalue weighted by molar-refractivity contribution is -0.137. The van der Waals surface area contributed by atoms with Crippen molar-refractivity contribution in [3.05, 3.63) is 48.0 Å². The normalized spacial score (nSPS) is 17.5. The summed E-state index contributed by atoms with van der Waals surface area (Å²) >= 11 is 0. The fourth-order valence-corrected chi connectivity index (χ4v) is 2.71. The van der Waals surface area contributed by atoms with Gasteiger partial charge in [-0.25, -0.2) is 19.2 Å². The van der Waals surface area contributed by atoms with Gasteiger partial charge in [-0.05, 0) is 31.0 Å². The van der Waals surface area contributed by atoms with Crippen molar-refractivity contribution in [1.82, 2.24) is 14.9 Å². The van der Waals surface area contributed by atoms with Crippen LogP contribution in [0.5, 0.6) is 6.01 Å². The van der Waals surface area contributed by atoms with Crippen LogP contribution in [0.15, 0.2) is 36.7 Å². The summed E-state index contributed by atoms with van der Waals surface area (Å²) in [5.74, 6) is -0.590. The molecule has 2 aromatic rings. The standard InChI is InChI=1S/C17H16F4N4O2/c18-12-8-22-15(23-9-12)27-14-5-2-6-25(10-14)16(26)24-13-4-1-3-11(7-13)17(19,20)21/h1,3-4,7-9,14H,2,5-6,10H2,(H,24,26)/t14-/m1/s1. The van der Waals surface area contributed by atoms with E-state index in [4.69, 9.17) is 4.74 Å². The first-order valence-corrected chi connectivity index (χ1v) is 8.18. The Balaban J connectivity index is 1.60. The van der Waals surface area contributed by atoms with Crippen molar-refractivity contribution in [2.45, 2.75) is 25.1 Å². The minimum atomic E-state index is -4.49. The van der Waals surface area contributed by atoms with Crippen molar-refractivity contribution < 1.29 is 27.1 Å². The Morgan fingerprint density at radius 2 is 2.00 bits per heavy atom. The van der Waals surface area contributed by atoms with Crippen LogP contribution in [0.25, 0.3) is 0 Å². The van der Waals surface area contributed by atoms with Crippen LogP contribution in [-0.2, 0) is 6.18 Å². The van der Waals surface area contributed by atoms with Crippen molar-refractivity contribution >= 4 is 11.7 Å². The van der Waals surface area contributed by atoms with Crippen LogP contribution in [0, 0.1) is 5.82 Å². The van der Waals surface area contributed by atoms with Crippen LogP contribution in [0.4, 0.5) is 28.0 Å². The van der Waals surface area contributed by atoms with Crippen LogP contribution < -0.4 is 10.1 Å². The van der Waals surface area contributed by atoms with E-state index in [1.807, 2.05) is 0 Å². The molecule has 1 aliphatic heterocycles. The molecule has 0 unspecified atom stereocenters. The number of anilines is 1. The van der Waals surface area contributed by atoms with E-state index in [0.29, 0.717) is 19.4 Å². The number of hydrogen-bond donors (Lipinski definition) is 1. The van der Waals surface area contributed by atoms with E-state index in [1.165, 1.54) is 17.0 Å². The first-order valence-electron chi connectivity index (χ1n) is 8.18. The maximum Gasteiger partial charge on any atom is 0.416 e. The number of aromatic nitrogens is 2. The number of hydrogen-bond acceptors (Lipinski definition) is 4. The molecule has 1 aromatic carbocycles. The van der Waals surface area contributed by atoms with Crippen molar-refractivity contribution in [2.75, 3.05) is 18.4 Å². The second kappa shape index (κ2) is 7.77. The molecule has 1 aliphatic rings. The third kappa shape index (κ3) is 5.05. The van der Waals surface area contributed by atoms with E-state index in [0.717, 1.165) is 24.5 Å². The molecule has 0 radical (unpaired) electrons. The maximum atomic E-state index is 12.8. The van der Waals surface area contributed by atoms with Crippen molar-refractivity contribution in [1.29, 1.82) is 0 Å². The molecule has 0 aliphatic carbocycles. The van der Waals surface area contributed by atoms with Gasteiger partial charge in [-0.1, -0.05) is 6.07 Å². The number of nitrogens with one attached hydrogen (secondary N) is 1. The number of carbonyl (C=O) groups is 1. The number of piperidine rings is 1. The van der Waals surface area contributed by atoms with E-state index >= 15 is 0 Å². The van der Waals surface area contributed by atoms with Gasteiger partial charge in [-0.15, -0.1) is 0 Å². The average molecular weight is 384 g/mol. The van der Waals surface area contributed by atoms with E-state index in [1.54, 1.807) is 0 Å². The molecule has 1 fully saturated rings. The fraction of sp³-hybridized carbons (Fsp3) is 0.353. The third-order valence-corrected chi connectivity index (χ3v) is 3.98. The summed E-state index contributed by atoms with van der Waals surface area (Å²) < 4.78 is 56.7. The molecule has 2 amide bonds. The van der Waals surface area contributed by atoms with Crippen LogP contribution in [-0.4, -0.2) is 40.1 Å². The van der Waals surface area contributed by atoms with Gasteiger partial charge in [0.1, 0.15) is 6.10 Å². The number of rotatable bonds is 3. The number of ether oxygens (including phenoxy) is 1. The number of nitrogens with zero attached hydrogens (tertiary/aromatic N) is 3. The topological polar surface area (TPSA) is 67.4 Å². The summed E-state index contributed by atoms with van der Waals surface area (Å²) in [6, 6.07) is 3.90. The highest BCUT2D eigenvalue weighted by atomic mass is 19.4. The zero-order chi connectivity index (χ0) is 19.4. The Hall–Kier alpha value is -2.91. The molecule has 0 bridgehead atoms. The minimum Gasteiger partial charge on any atom is -0.458 e. The third-order valence-electron chi connectivity index (χ3n) is 3.98. The predicted molar refractivity (Wildman–Crippen MR) is 87.7 cm³/mol. The zero-order valence-electron chi connectivity index (χ0n) is 14.0. The van der Waals surface area contributed by atoms with Gasteiger partial charge in [-0.2, -0.15) is 13.2 Å². The largest absolute Gasteiger partial charge is 0.458 e. The minimum absolute atomic E-state index is 0.00142. The van der Waals surface area contributed by atoms with E-state index in [-0.39, 0.29) is 18.2 Å². The maximum absolute atomic E-state index is 12.8. The Kier molecular flexibility index (Phi) is 5.43. The first-order chi connectivity index (χ1) is 12.8. The van der Waals surface area contributed by atoms with E-state index in [9.17, 15) is 22.4 Å². The highest BCUT2D eigenvalue weighted by molar-refractivity contribution is 5.89. The summed E-state index contributed by atoms with van der Waals surface area (Å²) in [5, 5.41) is 2.47. The summed E-state index contributed by atoms with van der Waals surface area (Å²) in [7, 11) is 0. The molecule has 144 valence electrons. The molecular weight excluding hydrogens is 368 g/mol. The lowest BCUT2D eigenvalue weighted by Gasteiger charge is -2.32. The Bertz CT molecular complexity index is 798. The molecule has 0 spiro atoms. The Morgan fingerprint density at radius 3 is 2.70 bits per heavy atom. The molecule has 1 atom stereocenters. The van der Waals surface area contributed by atoms with Gasteiger partial charge in [0.05, 0.1) is 24.5 Å². The molecule has 1 N–H and O–H groups in total. The van der Waals surface area contributed by atoms with Gasteiger partial charge < -0.3 is 15.0 Å². The number of carbonyl (C=O) groups excluding carboxylic acids is 1. The Labute approximate surface area is 152 Å². The first kappa shape index (κ1) is 18.9. The van der Waals surface area contributed by atoms with Gasteiger partial charge in [0, 0.05) is 12.2 Å². The van der Waals surface area contributed by atoms with Crippen LogP contribution in [0.1, 0.15) is 18.4 Å². The van der Waals surface area contributed by atoms with Gasteiger partial charge in [-0.3, -0.25) is 0 Å². The van der Waals surface area contributed by atoms with E-state index in [2.05, 4.69) is 15.3 Å². The molecule has 0 saturated carbocycles. The summed E-state index contributed by atoms with van der Waals surface area (Å²) in [6.07, 6.45) is -1.64. The summed E-state index contributed by atoms with van der Waals surface area (Å²) in [4.78, 5) is 21.2. The zero-order valence-corrected chi connectivity index (χ0v) is 14.0. The average Bonchev–Trinajstić information content (AvgIpc) is 2.63. The molecule has 3 rings (SSSR count). The smallest absolute Gasteiger partial charge is 0.416 e. The highest BCUT2D eigenvalue weighted by Gasteiger charge is 2.31. The van der Waals surface area contributed by atoms with Gasteiger partial charge in [0.2, 0.25) is 0 Å². The van der Waals surface area contributed by atoms with Crippen molar-refractivity contribution in [3.63, 3.8) is 0 Å². The van der Waals surface area contributed by atoms with Crippen LogP contribution >= 0.6 is 0 Å². The van der Waals surface area contributed by atoms with Crippen LogP contribution in [0.3, 0.4) is 0 Å². The lowest BCUT2D eigenvalue weighted by atomic mass is 10.1. The second-order valence-corrected chi connectivity index (χ2v) is 6.02. The molecule has 6 nitrogen and oxygen atoms in total. The fourth-order valence-electron chi connectivity index (χ4n) is 2.71. The van der Waals surface area contributed by atoms with E-state index < -0.39 is 29.7 Å². The number of halogens is 4. The Morgan fingerprint density at radius 1 is 1.26 bits per heavy atom. The predicted octanol–water partition coefficient (Wildman–Crippen LogP) is 3.71. The van der Waals surface area contributed by atoms with Crippen LogP contribution in [0.2, 0.25) is 0 Å². The molecule has 1 saturated heterocycles. The van der Waals surface area contributed by atoms with Gasteiger partial charge >= 0.3 is 18.2 Å². The second-order valence-electron chi connectivity index (χ2n) is 6.02. The molecule has 10 heteroatoms. The molecular formula is C17H16F4N4O2. The molecule has 27 heavy (non-hydrogen) atoms. The number of likely N-dealkylation sites (tertiary alicyclic amines) is 1. The molecule has 2 heterocycles. The summed E-state index contributed by atoms with van der Waals surface area (Å²) in [6.45, 7) is 0.653. The monoisotopic (exact) mass is 384 g/mol. The van der Waals surface area contributed by atoms with Gasteiger partial charge in [0.25, 0.3) is 0 Å². The quantitative estimate of drug-likeness (QED) is 0.820. The SMILES string of the molecule is O=C(Nc1cccc(C(F)(F)F)c1)N1CCC[C@@H](Oc2ncc(F)cn2)C1. The lowest BCUT2D eigenvalue weighted by Crippen LogP contribution is -2.46. The number of amides is 2.